The Hall–Kier alpha value is -1.94. The Morgan fingerprint density at radius 2 is 1.67 bits per heavy atom. The number of rotatable bonds is 6. The topological polar surface area (TPSA) is 29.3 Å². The van der Waals surface area contributed by atoms with Gasteiger partial charge in [0.1, 0.15) is 11.6 Å². The van der Waals surface area contributed by atoms with Crippen molar-refractivity contribution in [2.24, 2.45) is 0 Å². The molecule has 112 valence electrons. The van der Waals surface area contributed by atoms with Crippen LogP contribution in [0, 0.1) is 11.6 Å². The summed E-state index contributed by atoms with van der Waals surface area (Å²) in [5.74, 6) is -0.993. The van der Waals surface area contributed by atoms with Crippen molar-refractivity contribution in [3.8, 4) is 0 Å². The predicted octanol–water partition coefficient (Wildman–Crippen LogP) is 3.96. The first-order chi connectivity index (χ1) is 10.1. The van der Waals surface area contributed by atoms with E-state index >= 15 is 0 Å². The van der Waals surface area contributed by atoms with Crippen molar-refractivity contribution in [3.05, 3.63) is 65.2 Å². The van der Waals surface area contributed by atoms with E-state index in [1.807, 2.05) is 36.1 Å². The Morgan fingerprint density at radius 3 is 2.29 bits per heavy atom. The lowest BCUT2D eigenvalue weighted by Gasteiger charge is -2.22. The number of nitrogens with zero attached hydrogens (tertiary/aromatic N) is 1. The molecule has 21 heavy (non-hydrogen) atoms. The fourth-order valence-electron chi connectivity index (χ4n) is 2.39. The van der Waals surface area contributed by atoms with Crippen LogP contribution in [0.3, 0.4) is 0 Å². The molecule has 0 radical (unpaired) electrons. The molecule has 4 heteroatoms. The molecule has 0 saturated heterocycles. The Kier molecular flexibility index (Phi) is 5.28. The number of anilines is 1. The third kappa shape index (κ3) is 4.26. The largest absolute Gasteiger partial charge is 0.399 e. The van der Waals surface area contributed by atoms with Gasteiger partial charge in [-0.3, -0.25) is 4.90 Å². The molecule has 2 N–H and O–H groups in total. The summed E-state index contributed by atoms with van der Waals surface area (Å²) in [6.07, 6.45) is 0.915. The van der Waals surface area contributed by atoms with Gasteiger partial charge in [-0.15, -0.1) is 0 Å². The SMILES string of the molecule is CCCN(Cc1cccc(N)c1)Cc1c(F)cccc1F. The fourth-order valence-corrected chi connectivity index (χ4v) is 2.39. The molecule has 0 spiro atoms. The van der Waals surface area contributed by atoms with Gasteiger partial charge in [-0.25, -0.2) is 8.78 Å². The molecule has 0 aromatic heterocycles. The highest BCUT2D eigenvalue weighted by Gasteiger charge is 2.13. The van der Waals surface area contributed by atoms with E-state index in [1.165, 1.54) is 18.2 Å². The third-order valence-electron chi connectivity index (χ3n) is 3.34. The van der Waals surface area contributed by atoms with Gasteiger partial charge in [0, 0.05) is 24.3 Å². The van der Waals surface area contributed by atoms with Crippen LogP contribution < -0.4 is 5.73 Å². The second-order valence-corrected chi connectivity index (χ2v) is 5.16. The molecule has 0 saturated carbocycles. The summed E-state index contributed by atoms with van der Waals surface area (Å²) in [7, 11) is 0. The second kappa shape index (κ2) is 7.18. The van der Waals surface area contributed by atoms with Crippen LogP contribution in [-0.4, -0.2) is 11.4 Å². The van der Waals surface area contributed by atoms with Crippen molar-refractivity contribution in [1.82, 2.24) is 4.90 Å². The van der Waals surface area contributed by atoms with E-state index in [1.54, 1.807) is 0 Å². The molecule has 0 aliphatic heterocycles. The average Bonchev–Trinajstić information content (AvgIpc) is 2.43. The molecule has 2 rings (SSSR count). The quantitative estimate of drug-likeness (QED) is 0.816. The van der Waals surface area contributed by atoms with Crippen molar-refractivity contribution in [3.63, 3.8) is 0 Å². The first kappa shape index (κ1) is 15.4. The van der Waals surface area contributed by atoms with Gasteiger partial charge in [0.05, 0.1) is 0 Å². The first-order valence-corrected chi connectivity index (χ1v) is 7.09. The summed E-state index contributed by atoms with van der Waals surface area (Å²) in [6, 6.07) is 11.5. The molecular formula is C17H20F2N2. The molecule has 0 heterocycles. The van der Waals surface area contributed by atoms with Crippen LogP contribution in [0.25, 0.3) is 0 Å². The molecule has 2 nitrogen and oxygen atoms in total. The van der Waals surface area contributed by atoms with Gasteiger partial charge in [0.15, 0.2) is 0 Å². The zero-order chi connectivity index (χ0) is 15.2. The number of nitrogens with two attached hydrogens (primary N) is 1. The maximum atomic E-state index is 13.8. The maximum Gasteiger partial charge on any atom is 0.130 e. The van der Waals surface area contributed by atoms with E-state index in [0.29, 0.717) is 12.2 Å². The summed E-state index contributed by atoms with van der Waals surface area (Å²) in [4.78, 5) is 2.02. The average molecular weight is 290 g/mol. The normalized spacial score (nSPS) is 11.0. The van der Waals surface area contributed by atoms with Crippen LogP contribution in [0.4, 0.5) is 14.5 Å². The van der Waals surface area contributed by atoms with Crippen molar-refractivity contribution in [2.45, 2.75) is 26.4 Å². The van der Waals surface area contributed by atoms with Crippen molar-refractivity contribution in [2.75, 3.05) is 12.3 Å². The Balaban J connectivity index is 2.16. The molecular weight excluding hydrogens is 270 g/mol. The minimum absolute atomic E-state index is 0.120. The molecule has 0 fully saturated rings. The van der Waals surface area contributed by atoms with Crippen LogP contribution in [0.5, 0.6) is 0 Å². The van der Waals surface area contributed by atoms with Crippen molar-refractivity contribution in [1.29, 1.82) is 0 Å². The minimum atomic E-state index is -0.497. The Morgan fingerprint density at radius 1 is 1.00 bits per heavy atom. The lowest BCUT2D eigenvalue weighted by atomic mass is 10.1. The van der Waals surface area contributed by atoms with E-state index in [4.69, 9.17) is 5.73 Å². The Bertz CT molecular complexity index is 579. The summed E-state index contributed by atoms with van der Waals surface area (Å²) in [5, 5.41) is 0. The molecule has 0 amide bonds. The number of benzene rings is 2. The molecule has 0 aliphatic carbocycles. The van der Waals surface area contributed by atoms with Crippen LogP contribution >= 0.6 is 0 Å². The highest BCUT2D eigenvalue weighted by atomic mass is 19.1. The van der Waals surface area contributed by atoms with Gasteiger partial charge < -0.3 is 5.73 Å². The minimum Gasteiger partial charge on any atom is -0.399 e. The summed E-state index contributed by atoms with van der Waals surface area (Å²) in [5.41, 5.74) is 7.63. The molecule has 0 bridgehead atoms. The zero-order valence-corrected chi connectivity index (χ0v) is 12.2. The fraction of sp³-hybridized carbons (Fsp3) is 0.294. The standard InChI is InChI=1S/C17H20F2N2/c1-2-9-21(11-13-5-3-6-14(20)10-13)12-15-16(18)7-4-8-17(15)19/h3-8,10H,2,9,11-12,20H2,1H3. The molecule has 0 aliphatic rings. The maximum absolute atomic E-state index is 13.8. The van der Waals surface area contributed by atoms with Gasteiger partial charge in [-0.2, -0.15) is 0 Å². The molecule has 0 atom stereocenters. The van der Waals surface area contributed by atoms with Crippen LogP contribution in [0.2, 0.25) is 0 Å². The Labute approximate surface area is 124 Å². The summed E-state index contributed by atoms with van der Waals surface area (Å²) < 4.78 is 27.5. The summed E-state index contributed by atoms with van der Waals surface area (Å²) >= 11 is 0. The number of hydrogen-bond acceptors (Lipinski definition) is 2. The number of halogens is 2. The van der Waals surface area contributed by atoms with E-state index in [2.05, 4.69) is 0 Å². The first-order valence-electron chi connectivity index (χ1n) is 7.09. The van der Waals surface area contributed by atoms with E-state index in [0.717, 1.165) is 18.5 Å². The van der Waals surface area contributed by atoms with Crippen molar-refractivity contribution < 1.29 is 8.78 Å². The van der Waals surface area contributed by atoms with Crippen LogP contribution in [0.1, 0.15) is 24.5 Å². The third-order valence-corrected chi connectivity index (χ3v) is 3.34. The number of hydrogen-bond donors (Lipinski definition) is 1. The molecule has 2 aromatic rings. The van der Waals surface area contributed by atoms with Crippen molar-refractivity contribution >= 4 is 5.69 Å². The van der Waals surface area contributed by atoms with Gasteiger partial charge in [0.25, 0.3) is 0 Å². The highest BCUT2D eigenvalue weighted by Crippen LogP contribution is 2.17. The van der Waals surface area contributed by atoms with E-state index < -0.39 is 11.6 Å². The zero-order valence-electron chi connectivity index (χ0n) is 12.2. The molecule has 0 unspecified atom stereocenters. The van der Waals surface area contributed by atoms with Crippen LogP contribution in [0.15, 0.2) is 42.5 Å². The van der Waals surface area contributed by atoms with Gasteiger partial charge >= 0.3 is 0 Å². The number of nitrogen functional groups attached to an aromatic ring is 1. The van der Waals surface area contributed by atoms with Gasteiger partial charge in [-0.1, -0.05) is 25.1 Å². The molecule has 2 aromatic carbocycles. The van der Waals surface area contributed by atoms with Gasteiger partial charge in [-0.05, 0) is 42.8 Å². The van der Waals surface area contributed by atoms with Gasteiger partial charge in [0.2, 0.25) is 0 Å². The monoisotopic (exact) mass is 290 g/mol. The lowest BCUT2D eigenvalue weighted by molar-refractivity contribution is 0.249. The highest BCUT2D eigenvalue weighted by molar-refractivity contribution is 5.40. The second-order valence-electron chi connectivity index (χ2n) is 5.16. The lowest BCUT2D eigenvalue weighted by Crippen LogP contribution is -2.24. The van der Waals surface area contributed by atoms with E-state index in [9.17, 15) is 8.78 Å². The smallest absolute Gasteiger partial charge is 0.130 e. The van der Waals surface area contributed by atoms with Crippen LogP contribution in [-0.2, 0) is 13.1 Å². The van der Waals surface area contributed by atoms with E-state index in [-0.39, 0.29) is 12.1 Å². The predicted molar refractivity (Wildman–Crippen MR) is 81.6 cm³/mol. The summed E-state index contributed by atoms with van der Waals surface area (Å²) in [6.45, 7) is 3.68.